The fourth-order valence-corrected chi connectivity index (χ4v) is 1.51. The van der Waals surface area contributed by atoms with E-state index < -0.39 is 6.10 Å². The standard InChI is InChI=1S/C11H12O3/c1-7(12)9-5-8-3-4-14-10(8)6-11(9)13-2/h3-7,12H,1-2H3. The van der Waals surface area contributed by atoms with Gasteiger partial charge in [-0.05, 0) is 19.1 Å². The van der Waals surface area contributed by atoms with Crippen molar-refractivity contribution in [2.45, 2.75) is 13.0 Å². The summed E-state index contributed by atoms with van der Waals surface area (Å²) in [4.78, 5) is 0. The Balaban J connectivity index is 2.66. The van der Waals surface area contributed by atoms with Crippen molar-refractivity contribution in [2.24, 2.45) is 0 Å². The second-order valence-electron chi connectivity index (χ2n) is 3.23. The number of ether oxygens (including phenoxy) is 1. The van der Waals surface area contributed by atoms with Gasteiger partial charge in [0.2, 0.25) is 0 Å². The number of fused-ring (bicyclic) bond motifs is 1. The Kier molecular flexibility index (Phi) is 2.17. The summed E-state index contributed by atoms with van der Waals surface area (Å²) in [5.41, 5.74) is 1.55. The minimum atomic E-state index is -0.538. The molecule has 0 radical (unpaired) electrons. The van der Waals surface area contributed by atoms with Crippen LogP contribution in [0.25, 0.3) is 11.0 Å². The van der Waals surface area contributed by atoms with Gasteiger partial charge >= 0.3 is 0 Å². The van der Waals surface area contributed by atoms with Gasteiger partial charge in [0.1, 0.15) is 11.3 Å². The Bertz CT molecular complexity index is 443. The van der Waals surface area contributed by atoms with Crippen molar-refractivity contribution in [1.82, 2.24) is 0 Å². The first-order valence-electron chi connectivity index (χ1n) is 4.45. The number of rotatable bonds is 2. The molecule has 3 heteroatoms. The zero-order chi connectivity index (χ0) is 10.1. The zero-order valence-electron chi connectivity index (χ0n) is 8.15. The van der Waals surface area contributed by atoms with Gasteiger partial charge in [0.15, 0.2) is 0 Å². The maximum Gasteiger partial charge on any atom is 0.137 e. The molecule has 3 nitrogen and oxygen atoms in total. The van der Waals surface area contributed by atoms with E-state index in [1.54, 1.807) is 26.4 Å². The zero-order valence-corrected chi connectivity index (χ0v) is 8.15. The van der Waals surface area contributed by atoms with Gasteiger partial charge in [-0.1, -0.05) is 0 Å². The molecule has 0 spiro atoms. The van der Waals surface area contributed by atoms with Crippen LogP contribution >= 0.6 is 0 Å². The van der Waals surface area contributed by atoms with Crippen molar-refractivity contribution < 1.29 is 14.3 Å². The summed E-state index contributed by atoms with van der Waals surface area (Å²) >= 11 is 0. The molecular weight excluding hydrogens is 180 g/mol. The Morgan fingerprint density at radius 1 is 1.43 bits per heavy atom. The van der Waals surface area contributed by atoms with Crippen LogP contribution in [0.1, 0.15) is 18.6 Å². The lowest BCUT2D eigenvalue weighted by molar-refractivity contribution is 0.194. The Morgan fingerprint density at radius 3 is 2.86 bits per heavy atom. The van der Waals surface area contributed by atoms with E-state index in [2.05, 4.69) is 0 Å². The molecule has 2 aromatic rings. The number of hydrogen-bond donors (Lipinski definition) is 1. The topological polar surface area (TPSA) is 42.6 Å². The van der Waals surface area contributed by atoms with E-state index in [1.165, 1.54) is 0 Å². The van der Waals surface area contributed by atoms with Gasteiger partial charge in [-0.15, -0.1) is 0 Å². The maximum absolute atomic E-state index is 9.52. The van der Waals surface area contributed by atoms with Crippen molar-refractivity contribution in [1.29, 1.82) is 0 Å². The molecule has 1 N–H and O–H groups in total. The molecule has 0 aliphatic rings. The van der Waals surface area contributed by atoms with Crippen LogP contribution in [0, 0.1) is 0 Å². The number of furan rings is 1. The summed E-state index contributed by atoms with van der Waals surface area (Å²) in [5.74, 6) is 0.655. The van der Waals surface area contributed by atoms with Gasteiger partial charge in [-0.25, -0.2) is 0 Å². The van der Waals surface area contributed by atoms with E-state index in [9.17, 15) is 5.11 Å². The normalized spacial score (nSPS) is 13.1. The van der Waals surface area contributed by atoms with Crippen LogP contribution in [0.3, 0.4) is 0 Å². The smallest absolute Gasteiger partial charge is 0.137 e. The minimum Gasteiger partial charge on any atom is -0.496 e. The van der Waals surface area contributed by atoms with Crippen molar-refractivity contribution in [3.05, 3.63) is 30.0 Å². The highest BCUT2D eigenvalue weighted by atomic mass is 16.5. The minimum absolute atomic E-state index is 0.538. The summed E-state index contributed by atoms with van der Waals surface area (Å²) in [7, 11) is 1.58. The third-order valence-electron chi connectivity index (χ3n) is 2.25. The lowest BCUT2D eigenvalue weighted by atomic mass is 10.1. The van der Waals surface area contributed by atoms with E-state index >= 15 is 0 Å². The number of aliphatic hydroxyl groups is 1. The third kappa shape index (κ3) is 1.36. The molecular formula is C11H12O3. The number of benzene rings is 1. The SMILES string of the molecule is COc1cc2occc2cc1C(C)O. The molecule has 1 atom stereocenters. The van der Waals surface area contributed by atoms with Gasteiger partial charge in [0, 0.05) is 17.0 Å². The first-order chi connectivity index (χ1) is 6.72. The molecule has 14 heavy (non-hydrogen) atoms. The molecule has 0 fully saturated rings. The molecule has 0 amide bonds. The van der Waals surface area contributed by atoms with Gasteiger partial charge in [-0.2, -0.15) is 0 Å². The van der Waals surface area contributed by atoms with Crippen molar-refractivity contribution in [3.8, 4) is 5.75 Å². The molecule has 0 bridgehead atoms. The lowest BCUT2D eigenvalue weighted by Crippen LogP contribution is -1.95. The van der Waals surface area contributed by atoms with Crippen LogP contribution in [0.4, 0.5) is 0 Å². The second kappa shape index (κ2) is 3.35. The fourth-order valence-electron chi connectivity index (χ4n) is 1.51. The van der Waals surface area contributed by atoms with Gasteiger partial charge in [0.05, 0.1) is 19.5 Å². The van der Waals surface area contributed by atoms with E-state index in [0.29, 0.717) is 5.75 Å². The van der Waals surface area contributed by atoms with Crippen LogP contribution in [-0.4, -0.2) is 12.2 Å². The van der Waals surface area contributed by atoms with Crippen LogP contribution in [0.5, 0.6) is 5.75 Å². The summed E-state index contributed by atoms with van der Waals surface area (Å²) < 4.78 is 10.4. The first-order valence-corrected chi connectivity index (χ1v) is 4.45. The van der Waals surface area contributed by atoms with Crippen LogP contribution in [-0.2, 0) is 0 Å². The molecule has 0 saturated carbocycles. The number of methoxy groups -OCH3 is 1. The van der Waals surface area contributed by atoms with E-state index in [0.717, 1.165) is 16.5 Å². The monoisotopic (exact) mass is 192 g/mol. The Hall–Kier alpha value is -1.48. The van der Waals surface area contributed by atoms with Crippen molar-refractivity contribution in [2.75, 3.05) is 7.11 Å². The summed E-state index contributed by atoms with van der Waals surface area (Å²) in [5, 5.41) is 10.5. The molecule has 0 saturated heterocycles. The van der Waals surface area contributed by atoms with Gasteiger partial charge < -0.3 is 14.3 Å². The average Bonchev–Trinajstić information content (AvgIpc) is 2.62. The van der Waals surface area contributed by atoms with Crippen LogP contribution in [0.15, 0.2) is 28.9 Å². The molecule has 1 aromatic heterocycles. The third-order valence-corrected chi connectivity index (χ3v) is 2.25. The van der Waals surface area contributed by atoms with Crippen LogP contribution < -0.4 is 4.74 Å². The Labute approximate surface area is 81.9 Å². The fraction of sp³-hybridized carbons (Fsp3) is 0.273. The lowest BCUT2D eigenvalue weighted by Gasteiger charge is -2.10. The Morgan fingerprint density at radius 2 is 2.21 bits per heavy atom. The molecule has 74 valence electrons. The average molecular weight is 192 g/mol. The van der Waals surface area contributed by atoms with Crippen molar-refractivity contribution in [3.63, 3.8) is 0 Å². The maximum atomic E-state index is 9.52. The molecule has 1 unspecified atom stereocenters. The largest absolute Gasteiger partial charge is 0.496 e. The highest BCUT2D eigenvalue weighted by molar-refractivity contribution is 5.80. The quantitative estimate of drug-likeness (QED) is 0.794. The highest BCUT2D eigenvalue weighted by Crippen LogP contribution is 2.30. The summed E-state index contributed by atoms with van der Waals surface area (Å²) in [6, 6.07) is 5.53. The molecule has 0 aliphatic heterocycles. The predicted molar refractivity (Wildman–Crippen MR) is 53.4 cm³/mol. The van der Waals surface area contributed by atoms with E-state index in [1.807, 2.05) is 12.1 Å². The first kappa shape index (κ1) is 9.09. The van der Waals surface area contributed by atoms with Crippen molar-refractivity contribution >= 4 is 11.0 Å². The number of aliphatic hydroxyl groups excluding tert-OH is 1. The predicted octanol–water partition coefficient (Wildman–Crippen LogP) is 2.49. The highest BCUT2D eigenvalue weighted by Gasteiger charge is 2.11. The molecule has 0 aliphatic carbocycles. The molecule has 1 aromatic carbocycles. The van der Waals surface area contributed by atoms with E-state index in [-0.39, 0.29) is 0 Å². The molecule has 2 rings (SSSR count). The van der Waals surface area contributed by atoms with Gasteiger partial charge in [0.25, 0.3) is 0 Å². The van der Waals surface area contributed by atoms with Crippen LogP contribution in [0.2, 0.25) is 0 Å². The van der Waals surface area contributed by atoms with Gasteiger partial charge in [-0.3, -0.25) is 0 Å². The van der Waals surface area contributed by atoms with E-state index in [4.69, 9.17) is 9.15 Å². The summed E-state index contributed by atoms with van der Waals surface area (Å²) in [6.07, 6.45) is 1.08. The number of hydrogen-bond acceptors (Lipinski definition) is 3. The summed E-state index contributed by atoms with van der Waals surface area (Å²) in [6.45, 7) is 1.71. The molecule has 1 heterocycles. The second-order valence-corrected chi connectivity index (χ2v) is 3.23.